The third-order valence-electron chi connectivity index (χ3n) is 3.03. The summed E-state index contributed by atoms with van der Waals surface area (Å²) in [5.41, 5.74) is 0.732. The molecule has 1 aromatic rings. The normalized spacial score (nSPS) is 15.6. The Kier molecular flexibility index (Phi) is 3.74. The molecule has 0 saturated heterocycles. The van der Waals surface area contributed by atoms with E-state index in [-0.39, 0.29) is 31.2 Å². The van der Waals surface area contributed by atoms with Crippen LogP contribution in [0.2, 0.25) is 0 Å². The van der Waals surface area contributed by atoms with Gasteiger partial charge in [0.05, 0.1) is 11.1 Å². The molecule has 0 aliphatic carbocycles. The van der Waals surface area contributed by atoms with E-state index in [4.69, 9.17) is 0 Å². The fraction of sp³-hybridized carbons (Fsp3) is 0.286. The summed E-state index contributed by atoms with van der Waals surface area (Å²) in [6, 6.07) is 6.54. The molecule has 19 heavy (non-hydrogen) atoms. The molecule has 0 atom stereocenters. The van der Waals surface area contributed by atoms with E-state index in [9.17, 15) is 18.4 Å². The highest BCUT2D eigenvalue weighted by atomic mass is 19.2. The van der Waals surface area contributed by atoms with Crippen LogP contribution in [0.5, 0.6) is 0 Å². The minimum absolute atomic E-state index is 0.0903. The van der Waals surface area contributed by atoms with Crippen LogP contribution >= 0.6 is 0 Å². The van der Waals surface area contributed by atoms with E-state index < -0.39 is 11.7 Å². The van der Waals surface area contributed by atoms with E-state index in [0.717, 1.165) is 11.8 Å². The Labute approximate surface area is 109 Å². The molecule has 1 aromatic carbocycles. The standard InChI is InChI=1S/C14H13F2NO2/c1-9(15)12(16)7-4-8-17-13(18)10-5-2-3-6-11(10)14(17)19/h2-3,5-6H,4,7-8H2,1H3/b12-9+. The molecule has 0 fully saturated rings. The molecular formula is C14H13F2NO2. The predicted molar refractivity (Wildman–Crippen MR) is 66.0 cm³/mol. The van der Waals surface area contributed by atoms with Gasteiger partial charge >= 0.3 is 0 Å². The van der Waals surface area contributed by atoms with Crippen LogP contribution in [0.1, 0.15) is 40.5 Å². The number of allylic oxidation sites excluding steroid dienone is 2. The summed E-state index contributed by atoms with van der Waals surface area (Å²) >= 11 is 0. The first-order chi connectivity index (χ1) is 9.02. The quantitative estimate of drug-likeness (QED) is 0.784. The van der Waals surface area contributed by atoms with Crippen molar-refractivity contribution >= 4 is 11.8 Å². The van der Waals surface area contributed by atoms with Gasteiger partial charge in [-0.05, 0) is 25.5 Å². The van der Waals surface area contributed by atoms with Gasteiger partial charge in [0.1, 0.15) is 11.7 Å². The fourth-order valence-corrected chi connectivity index (χ4v) is 2.01. The maximum absolute atomic E-state index is 13.0. The van der Waals surface area contributed by atoms with Crippen molar-refractivity contribution in [3.8, 4) is 0 Å². The van der Waals surface area contributed by atoms with Crippen molar-refractivity contribution in [2.24, 2.45) is 0 Å². The van der Waals surface area contributed by atoms with Crippen molar-refractivity contribution in [2.45, 2.75) is 19.8 Å². The molecule has 1 aliphatic heterocycles. The number of halogens is 2. The summed E-state index contributed by atoms with van der Waals surface area (Å²) in [5, 5.41) is 0. The fourth-order valence-electron chi connectivity index (χ4n) is 2.01. The number of nitrogens with zero attached hydrogens (tertiary/aromatic N) is 1. The van der Waals surface area contributed by atoms with E-state index in [0.29, 0.717) is 11.1 Å². The van der Waals surface area contributed by atoms with E-state index in [1.54, 1.807) is 24.3 Å². The molecule has 2 rings (SSSR count). The molecular weight excluding hydrogens is 252 g/mol. The van der Waals surface area contributed by atoms with Crippen LogP contribution in [-0.2, 0) is 0 Å². The second kappa shape index (κ2) is 5.30. The van der Waals surface area contributed by atoms with Gasteiger partial charge in [0.2, 0.25) is 0 Å². The summed E-state index contributed by atoms with van der Waals surface area (Å²) in [4.78, 5) is 25.0. The first-order valence-electron chi connectivity index (χ1n) is 5.98. The molecule has 0 N–H and O–H groups in total. The van der Waals surface area contributed by atoms with Gasteiger partial charge in [-0.1, -0.05) is 12.1 Å². The third kappa shape index (κ3) is 2.54. The highest BCUT2D eigenvalue weighted by Crippen LogP contribution is 2.23. The van der Waals surface area contributed by atoms with Crippen LogP contribution in [-0.4, -0.2) is 23.3 Å². The molecule has 0 bridgehead atoms. The lowest BCUT2D eigenvalue weighted by Crippen LogP contribution is -2.30. The van der Waals surface area contributed by atoms with Gasteiger partial charge in [-0.25, -0.2) is 8.78 Å². The SMILES string of the molecule is C/C(F)=C(\F)CCCN1C(=O)c2ccccc2C1=O. The number of imide groups is 1. The summed E-state index contributed by atoms with van der Waals surface area (Å²) in [6.45, 7) is 1.13. The maximum Gasteiger partial charge on any atom is 0.261 e. The molecule has 0 saturated carbocycles. The summed E-state index contributed by atoms with van der Waals surface area (Å²) in [5.74, 6) is -2.44. The van der Waals surface area contributed by atoms with Crippen molar-refractivity contribution in [1.29, 1.82) is 0 Å². The van der Waals surface area contributed by atoms with E-state index in [1.165, 1.54) is 0 Å². The molecule has 0 aromatic heterocycles. The average molecular weight is 265 g/mol. The highest BCUT2D eigenvalue weighted by Gasteiger charge is 2.34. The molecule has 2 amide bonds. The van der Waals surface area contributed by atoms with Gasteiger partial charge in [0, 0.05) is 13.0 Å². The molecule has 0 unspecified atom stereocenters. The van der Waals surface area contributed by atoms with Crippen molar-refractivity contribution in [2.75, 3.05) is 6.54 Å². The van der Waals surface area contributed by atoms with Crippen molar-refractivity contribution in [3.05, 3.63) is 47.0 Å². The smallest absolute Gasteiger partial charge is 0.261 e. The lowest BCUT2D eigenvalue weighted by atomic mass is 10.1. The number of carbonyl (C=O) groups is 2. The first-order valence-corrected chi connectivity index (χ1v) is 5.98. The third-order valence-corrected chi connectivity index (χ3v) is 3.03. The minimum atomic E-state index is -0.859. The van der Waals surface area contributed by atoms with Crippen LogP contribution in [0.15, 0.2) is 35.9 Å². The Bertz CT molecular complexity index is 527. The first kappa shape index (κ1) is 13.4. The van der Waals surface area contributed by atoms with Gasteiger partial charge in [0.25, 0.3) is 11.8 Å². The van der Waals surface area contributed by atoms with Crippen LogP contribution in [0.25, 0.3) is 0 Å². The average Bonchev–Trinajstić information content (AvgIpc) is 2.64. The zero-order valence-corrected chi connectivity index (χ0v) is 10.5. The predicted octanol–water partition coefficient (Wildman–Crippen LogP) is 3.23. The van der Waals surface area contributed by atoms with Crippen LogP contribution in [0, 0.1) is 0 Å². The number of fused-ring (bicyclic) bond motifs is 1. The van der Waals surface area contributed by atoms with E-state index in [2.05, 4.69) is 0 Å². The van der Waals surface area contributed by atoms with Gasteiger partial charge < -0.3 is 0 Å². The molecule has 3 nitrogen and oxygen atoms in total. The van der Waals surface area contributed by atoms with Gasteiger partial charge in [0.15, 0.2) is 0 Å². The van der Waals surface area contributed by atoms with Crippen LogP contribution in [0.4, 0.5) is 8.78 Å². The maximum atomic E-state index is 13.0. The molecule has 0 spiro atoms. The Morgan fingerprint density at radius 3 is 2.11 bits per heavy atom. The highest BCUT2D eigenvalue weighted by molar-refractivity contribution is 6.21. The number of carbonyl (C=O) groups excluding carboxylic acids is 2. The topological polar surface area (TPSA) is 37.4 Å². The van der Waals surface area contributed by atoms with Crippen molar-refractivity contribution in [1.82, 2.24) is 4.90 Å². The zero-order valence-electron chi connectivity index (χ0n) is 10.5. The zero-order chi connectivity index (χ0) is 14.0. The summed E-state index contributed by atoms with van der Waals surface area (Å²) in [6.07, 6.45) is 0.0916. The molecule has 1 aliphatic rings. The van der Waals surface area contributed by atoms with Gasteiger partial charge in [-0.3, -0.25) is 14.5 Å². The number of hydrogen-bond acceptors (Lipinski definition) is 2. The lowest BCUT2D eigenvalue weighted by Gasteiger charge is -2.12. The Morgan fingerprint density at radius 1 is 1.11 bits per heavy atom. The molecule has 1 heterocycles. The Morgan fingerprint density at radius 2 is 1.63 bits per heavy atom. The Hall–Kier alpha value is -2.04. The van der Waals surface area contributed by atoms with Gasteiger partial charge in [-0.2, -0.15) is 0 Å². The van der Waals surface area contributed by atoms with E-state index >= 15 is 0 Å². The second-order valence-corrected chi connectivity index (χ2v) is 4.35. The Balaban J connectivity index is 2.03. The minimum Gasteiger partial charge on any atom is -0.274 e. The largest absolute Gasteiger partial charge is 0.274 e. The molecule has 0 radical (unpaired) electrons. The van der Waals surface area contributed by atoms with Crippen molar-refractivity contribution in [3.63, 3.8) is 0 Å². The number of rotatable bonds is 4. The van der Waals surface area contributed by atoms with Crippen molar-refractivity contribution < 1.29 is 18.4 Å². The van der Waals surface area contributed by atoms with Gasteiger partial charge in [-0.15, -0.1) is 0 Å². The number of benzene rings is 1. The lowest BCUT2D eigenvalue weighted by molar-refractivity contribution is 0.0652. The molecule has 100 valence electrons. The van der Waals surface area contributed by atoms with E-state index in [1.807, 2.05) is 0 Å². The van der Waals surface area contributed by atoms with Crippen LogP contribution in [0.3, 0.4) is 0 Å². The summed E-state index contributed by atoms with van der Waals surface area (Å²) in [7, 11) is 0. The summed E-state index contributed by atoms with van der Waals surface area (Å²) < 4.78 is 25.5. The number of amides is 2. The number of hydrogen-bond donors (Lipinski definition) is 0. The van der Waals surface area contributed by atoms with Crippen LogP contribution < -0.4 is 0 Å². The second-order valence-electron chi connectivity index (χ2n) is 4.35. The monoisotopic (exact) mass is 265 g/mol. The molecule has 5 heteroatoms.